The Bertz CT molecular complexity index is 958. The third-order valence-electron chi connectivity index (χ3n) is 4.75. The molecule has 2 aromatic carbocycles. The molecule has 2 aromatic rings. The fraction of sp³-hybridized carbons (Fsp3) is 0.409. The Morgan fingerprint density at radius 1 is 1.13 bits per heavy atom. The molecule has 0 aliphatic rings. The topological polar surface area (TPSA) is 84.9 Å². The smallest absolute Gasteiger partial charge is 0.243 e. The van der Waals surface area contributed by atoms with E-state index in [0.29, 0.717) is 12.4 Å². The highest BCUT2D eigenvalue weighted by atomic mass is 32.2. The predicted molar refractivity (Wildman–Crippen MR) is 116 cm³/mol. The van der Waals surface area contributed by atoms with E-state index in [1.54, 1.807) is 33.1 Å². The van der Waals surface area contributed by atoms with Crippen molar-refractivity contribution in [1.82, 2.24) is 9.62 Å². The lowest BCUT2D eigenvalue weighted by atomic mass is 10.1. The molecule has 0 heterocycles. The number of amides is 1. The van der Waals surface area contributed by atoms with E-state index in [0.717, 1.165) is 21.2 Å². The van der Waals surface area contributed by atoms with Crippen molar-refractivity contribution in [2.24, 2.45) is 0 Å². The summed E-state index contributed by atoms with van der Waals surface area (Å²) >= 11 is 0. The number of benzene rings is 2. The number of rotatable bonds is 10. The molecule has 30 heavy (non-hydrogen) atoms. The van der Waals surface area contributed by atoms with Gasteiger partial charge in [-0.3, -0.25) is 4.79 Å². The minimum absolute atomic E-state index is 0.140. The Morgan fingerprint density at radius 2 is 1.80 bits per heavy atom. The van der Waals surface area contributed by atoms with Crippen LogP contribution < -0.4 is 14.8 Å². The largest absolute Gasteiger partial charge is 0.497 e. The molecule has 1 N–H and O–H groups in total. The van der Waals surface area contributed by atoms with Gasteiger partial charge in [-0.15, -0.1) is 0 Å². The Kier molecular flexibility index (Phi) is 8.25. The van der Waals surface area contributed by atoms with Crippen molar-refractivity contribution in [3.8, 4) is 11.5 Å². The van der Waals surface area contributed by atoms with E-state index in [1.807, 2.05) is 38.1 Å². The maximum absolute atomic E-state index is 13.0. The summed E-state index contributed by atoms with van der Waals surface area (Å²) in [5.41, 5.74) is 1.63. The van der Waals surface area contributed by atoms with Gasteiger partial charge in [0.05, 0.1) is 31.2 Å². The van der Waals surface area contributed by atoms with Gasteiger partial charge in [-0.25, -0.2) is 8.42 Å². The lowest BCUT2D eigenvalue weighted by molar-refractivity contribution is -0.121. The zero-order valence-corrected chi connectivity index (χ0v) is 19.0. The molecule has 1 amide bonds. The molecule has 0 unspecified atom stereocenters. The van der Waals surface area contributed by atoms with Gasteiger partial charge < -0.3 is 14.8 Å². The van der Waals surface area contributed by atoms with Crippen LogP contribution in [-0.2, 0) is 14.8 Å². The van der Waals surface area contributed by atoms with E-state index in [-0.39, 0.29) is 29.9 Å². The zero-order valence-electron chi connectivity index (χ0n) is 18.1. The molecule has 0 bridgehead atoms. The Morgan fingerprint density at radius 3 is 2.33 bits per heavy atom. The number of hydrogen-bond acceptors (Lipinski definition) is 5. The van der Waals surface area contributed by atoms with Gasteiger partial charge in [0.25, 0.3) is 0 Å². The first kappa shape index (κ1) is 23.7. The minimum atomic E-state index is -3.81. The summed E-state index contributed by atoms with van der Waals surface area (Å²) in [7, 11) is -2.22. The van der Waals surface area contributed by atoms with Crippen LogP contribution in [0.25, 0.3) is 0 Å². The maximum atomic E-state index is 13.0. The van der Waals surface area contributed by atoms with Crippen LogP contribution in [0.3, 0.4) is 0 Å². The summed E-state index contributed by atoms with van der Waals surface area (Å²) in [4.78, 5) is 12.7. The molecular weight excluding hydrogens is 404 g/mol. The van der Waals surface area contributed by atoms with Crippen LogP contribution in [0.1, 0.15) is 37.9 Å². The molecule has 0 fully saturated rings. The average molecular weight is 435 g/mol. The molecule has 0 saturated carbocycles. The van der Waals surface area contributed by atoms with Crippen LogP contribution in [-0.4, -0.2) is 45.4 Å². The highest BCUT2D eigenvalue weighted by Gasteiger charge is 2.26. The number of carbonyl (C=O) groups is 1. The monoisotopic (exact) mass is 434 g/mol. The van der Waals surface area contributed by atoms with E-state index in [9.17, 15) is 13.2 Å². The molecule has 8 heteroatoms. The number of ether oxygens (including phenoxy) is 2. The normalized spacial score (nSPS) is 12.5. The first-order valence-corrected chi connectivity index (χ1v) is 11.3. The third kappa shape index (κ3) is 5.73. The molecule has 1 atom stereocenters. The van der Waals surface area contributed by atoms with Crippen LogP contribution in [0.2, 0.25) is 0 Å². The van der Waals surface area contributed by atoms with Gasteiger partial charge in [-0.1, -0.05) is 19.1 Å². The van der Waals surface area contributed by atoms with Crippen molar-refractivity contribution < 1.29 is 22.7 Å². The number of carbonyl (C=O) groups excluding carboxylic acids is 1. The van der Waals surface area contributed by atoms with Crippen LogP contribution >= 0.6 is 0 Å². The maximum Gasteiger partial charge on any atom is 0.243 e. The average Bonchev–Trinajstić information content (AvgIpc) is 2.73. The van der Waals surface area contributed by atoms with Crippen LogP contribution in [0, 0.1) is 6.92 Å². The van der Waals surface area contributed by atoms with Gasteiger partial charge in [0.15, 0.2) is 0 Å². The molecule has 7 nitrogen and oxygen atoms in total. The van der Waals surface area contributed by atoms with Crippen molar-refractivity contribution in [2.45, 2.75) is 38.6 Å². The summed E-state index contributed by atoms with van der Waals surface area (Å²) in [5.74, 6) is 1.00. The number of nitrogens with one attached hydrogen (secondary N) is 1. The van der Waals surface area contributed by atoms with Gasteiger partial charge in [-0.05, 0) is 62.2 Å². The first-order chi connectivity index (χ1) is 14.2. The molecule has 2 rings (SSSR count). The second-order valence-electron chi connectivity index (χ2n) is 6.85. The number of sulfonamides is 1. The van der Waals surface area contributed by atoms with Gasteiger partial charge in [0, 0.05) is 6.54 Å². The van der Waals surface area contributed by atoms with Gasteiger partial charge in [-0.2, -0.15) is 4.31 Å². The minimum Gasteiger partial charge on any atom is -0.497 e. The number of hydrogen-bond donors (Lipinski definition) is 1. The van der Waals surface area contributed by atoms with Crippen LogP contribution in [0.5, 0.6) is 11.5 Å². The summed E-state index contributed by atoms with van der Waals surface area (Å²) in [6.07, 6.45) is 0. The standard InChI is InChI=1S/C22H30N2O5S/c1-6-24(30(26,27)20-12-13-21(29-7-2)16(3)14-20)15-22(25)23-17(4)18-8-10-19(28-5)11-9-18/h8-14,17H,6-7,15H2,1-5H3,(H,23,25)/t17-/m0/s1. The predicted octanol–water partition coefficient (Wildman–Crippen LogP) is 3.29. The fourth-order valence-electron chi connectivity index (χ4n) is 3.04. The van der Waals surface area contributed by atoms with Crippen molar-refractivity contribution in [1.29, 1.82) is 0 Å². The summed E-state index contributed by atoms with van der Waals surface area (Å²) in [6, 6.07) is 11.8. The van der Waals surface area contributed by atoms with E-state index in [1.165, 1.54) is 6.07 Å². The first-order valence-electron chi connectivity index (χ1n) is 9.89. The SMILES string of the molecule is CCOc1ccc(S(=O)(=O)N(CC)CC(=O)N[C@@H](C)c2ccc(OC)cc2)cc1C. The molecule has 0 radical (unpaired) electrons. The van der Waals surface area contributed by atoms with Crippen molar-refractivity contribution in [2.75, 3.05) is 26.8 Å². The van der Waals surface area contributed by atoms with Crippen molar-refractivity contribution in [3.05, 3.63) is 53.6 Å². The lowest BCUT2D eigenvalue weighted by Crippen LogP contribution is -2.41. The number of nitrogens with zero attached hydrogens (tertiary/aromatic N) is 1. The molecule has 0 aliphatic carbocycles. The molecule has 0 saturated heterocycles. The van der Waals surface area contributed by atoms with Gasteiger partial charge in [0.2, 0.25) is 15.9 Å². The quantitative estimate of drug-likeness (QED) is 0.620. The Hall–Kier alpha value is -2.58. The Balaban J connectivity index is 2.10. The number of methoxy groups -OCH3 is 1. The van der Waals surface area contributed by atoms with E-state index in [2.05, 4.69) is 5.32 Å². The van der Waals surface area contributed by atoms with Crippen LogP contribution in [0.4, 0.5) is 0 Å². The van der Waals surface area contributed by atoms with Crippen molar-refractivity contribution in [3.63, 3.8) is 0 Å². The van der Waals surface area contributed by atoms with Gasteiger partial charge >= 0.3 is 0 Å². The lowest BCUT2D eigenvalue weighted by Gasteiger charge is -2.22. The zero-order chi connectivity index (χ0) is 22.3. The molecule has 0 spiro atoms. The number of likely N-dealkylation sites (N-methyl/N-ethyl adjacent to an activating group) is 1. The van der Waals surface area contributed by atoms with E-state index < -0.39 is 10.0 Å². The number of aryl methyl sites for hydroxylation is 1. The summed E-state index contributed by atoms with van der Waals surface area (Å²) in [6.45, 7) is 7.64. The Labute approximate surface area is 179 Å². The van der Waals surface area contributed by atoms with E-state index in [4.69, 9.17) is 9.47 Å². The third-order valence-corrected chi connectivity index (χ3v) is 6.67. The van der Waals surface area contributed by atoms with Crippen LogP contribution in [0.15, 0.2) is 47.4 Å². The highest BCUT2D eigenvalue weighted by Crippen LogP contribution is 2.24. The molecule has 0 aromatic heterocycles. The second-order valence-corrected chi connectivity index (χ2v) is 8.79. The molecular formula is C22H30N2O5S. The fourth-order valence-corrected chi connectivity index (χ4v) is 4.53. The van der Waals surface area contributed by atoms with Gasteiger partial charge in [0.1, 0.15) is 11.5 Å². The summed E-state index contributed by atoms with van der Waals surface area (Å²) < 4.78 is 37.9. The highest BCUT2D eigenvalue weighted by molar-refractivity contribution is 7.89. The molecule has 164 valence electrons. The summed E-state index contributed by atoms with van der Waals surface area (Å²) in [5, 5.41) is 2.85. The van der Waals surface area contributed by atoms with E-state index >= 15 is 0 Å². The molecule has 0 aliphatic heterocycles. The second kappa shape index (κ2) is 10.4. The van der Waals surface area contributed by atoms with Crippen molar-refractivity contribution >= 4 is 15.9 Å².